The monoisotopic (exact) mass is 514 g/mol. The summed E-state index contributed by atoms with van der Waals surface area (Å²) in [5, 5.41) is 8.54. The van der Waals surface area contributed by atoms with Crippen molar-refractivity contribution >= 4 is 54.3 Å². The maximum absolute atomic E-state index is 5.05. The Morgan fingerprint density at radius 3 is 1.82 bits per heavy atom. The predicted octanol–water partition coefficient (Wildman–Crippen LogP) is 8.70. The molecule has 4 aromatic carbocycles. The van der Waals surface area contributed by atoms with Gasteiger partial charge in [-0.3, -0.25) is 9.13 Å². The van der Waals surface area contributed by atoms with Crippen LogP contribution in [0.4, 0.5) is 0 Å². The summed E-state index contributed by atoms with van der Waals surface area (Å²) in [6.07, 6.45) is 8.62. The molecule has 0 bridgehead atoms. The fourth-order valence-electron chi connectivity index (χ4n) is 6.95. The van der Waals surface area contributed by atoms with Crippen LogP contribution in [0, 0.1) is 0 Å². The number of nitrogens with zero attached hydrogens (tertiary/aromatic N) is 4. The van der Waals surface area contributed by atoms with Crippen molar-refractivity contribution in [2.45, 2.75) is 25.7 Å². The Balaban J connectivity index is 1.48. The molecular weight excluding hydrogens is 488 g/mol. The average Bonchev–Trinajstić information content (AvgIpc) is 3.54. The number of fused-ring (bicyclic) bond motifs is 9. The maximum atomic E-state index is 5.05. The SMILES string of the molecule is c1ccc2cc(-n3c4c(c5ccc6c7ccccc7n(-c7cc8ccccc8cn7)c6c53)CCCC4)ncc2c1. The largest absolute Gasteiger partial charge is 0.296 e. The molecule has 40 heavy (non-hydrogen) atoms. The van der Waals surface area contributed by atoms with Crippen LogP contribution in [0.3, 0.4) is 0 Å². The molecule has 1 aliphatic rings. The highest BCUT2D eigenvalue weighted by Crippen LogP contribution is 2.42. The van der Waals surface area contributed by atoms with Crippen LogP contribution < -0.4 is 0 Å². The molecule has 0 N–H and O–H groups in total. The molecule has 0 saturated heterocycles. The summed E-state index contributed by atoms with van der Waals surface area (Å²) in [7, 11) is 0. The van der Waals surface area contributed by atoms with Crippen molar-refractivity contribution in [3.05, 3.63) is 121 Å². The molecule has 0 spiro atoms. The molecule has 4 heterocycles. The summed E-state index contributed by atoms with van der Waals surface area (Å²) in [5.74, 6) is 1.93. The van der Waals surface area contributed by atoms with Gasteiger partial charge >= 0.3 is 0 Å². The second kappa shape index (κ2) is 8.27. The average molecular weight is 515 g/mol. The van der Waals surface area contributed by atoms with Crippen LogP contribution in [0.2, 0.25) is 0 Å². The maximum Gasteiger partial charge on any atom is 0.138 e. The van der Waals surface area contributed by atoms with E-state index in [0.717, 1.165) is 35.2 Å². The Morgan fingerprint density at radius 1 is 0.500 bits per heavy atom. The van der Waals surface area contributed by atoms with Crippen molar-refractivity contribution in [1.82, 2.24) is 19.1 Å². The van der Waals surface area contributed by atoms with Crippen molar-refractivity contribution < 1.29 is 0 Å². The first kappa shape index (κ1) is 21.9. The van der Waals surface area contributed by atoms with Crippen LogP contribution in [0.1, 0.15) is 24.1 Å². The van der Waals surface area contributed by atoms with E-state index in [-0.39, 0.29) is 0 Å². The number of aromatic nitrogens is 4. The molecule has 4 aromatic heterocycles. The van der Waals surface area contributed by atoms with E-state index >= 15 is 0 Å². The van der Waals surface area contributed by atoms with Gasteiger partial charge in [-0.25, -0.2) is 9.97 Å². The predicted molar refractivity (Wildman–Crippen MR) is 165 cm³/mol. The fourth-order valence-corrected chi connectivity index (χ4v) is 6.95. The summed E-state index contributed by atoms with van der Waals surface area (Å²) < 4.78 is 4.84. The molecule has 190 valence electrons. The summed E-state index contributed by atoms with van der Waals surface area (Å²) in [4.78, 5) is 10.1. The molecule has 4 nitrogen and oxygen atoms in total. The van der Waals surface area contributed by atoms with Crippen molar-refractivity contribution in [1.29, 1.82) is 0 Å². The van der Waals surface area contributed by atoms with Crippen molar-refractivity contribution in [3.8, 4) is 11.6 Å². The summed E-state index contributed by atoms with van der Waals surface area (Å²) in [6.45, 7) is 0. The highest BCUT2D eigenvalue weighted by atomic mass is 15.1. The number of aryl methyl sites for hydroxylation is 1. The van der Waals surface area contributed by atoms with Gasteiger partial charge in [0.25, 0.3) is 0 Å². The van der Waals surface area contributed by atoms with Crippen molar-refractivity contribution in [2.24, 2.45) is 0 Å². The minimum Gasteiger partial charge on any atom is -0.296 e. The minimum absolute atomic E-state index is 0.939. The van der Waals surface area contributed by atoms with Crippen LogP contribution >= 0.6 is 0 Å². The first-order valence-electron chi connectivity index (χ1n) is 14.1. The molecule has 4 heteroatoms. The van der Waals surface area contributed by atoms with Gasteiger partial charge in [-0.2, -0.15) is 0 Å². The smallest absolute Gasteiger partial charge is 0.138 e. The number of pyridine rings is 2. The third kappa shape index (κ3) is 3.02. The van der Waals surface area contributed by atoms with Gasteiger partial charge in [0.05, 0.1) is 16.6 Å². The second-order valence-corrected chi connectivity index (χ2v) is 11.0. The van der Waals surface area contributed by atoms with Gasteiger partial charge in [-0.05, 0) is 60.2 Å². The molecular formula is C36H26N4. The normalized spacial score (nSPS) is 13.6. The van der Waals surface area contributed by atoms with Crippen LogP contribution in [-0.4, -0.2) is 19.1 Å². The van der Waals surface area contributed by atoms with Crippen molar-refractivity contribution in [3.63, 3.8) is 0 Å². The Bertz CT molecular complexity index is 2280. The number of para-hydroxylation sites is 1. The van der Waals surface area contributed by atoms with E-state index < -0.39 is 0 Å². The van der Waals surface area contributed by atoms with E-state index in [9.17, 15) is 0 Å². The molecule has 0 saturated carbocycles. The topological polar surface area (TPSA) is 35.6 Å². The lowest BCUT2D eigenvalue weighted by Crippen LogP contribution is -2.08. The van der Waals surface area contributed by atoms with Crippen LogP contribution in [-0.2, 0) is 12.8 Å². The molecule has 9 rings (SSSR count). The van der Waals surface area contributed by atoms with Crippen molar-refractivity contribution in [2.75, 3.05) is 0 Å². The van der Waals surface area contributed by atoms with E-state index in [1.165, 1.54) is 67.6 Å². The molecule has 0 aliphatic heterocycles. The van der Waals surface area contributed by atoms with Gasteiger partial charge in [0.1, 0.15) is 11.6 Å². The van der Waals surface area contributed by atoms with Gasteiger partial charge in [0.2, 0.25) is 0 Å². The zero-order chi connectivity index (χ0) is 26.2. The molecule has 8 aromatic rings. The zero-order valence-electron chi connectivity index (χ0n) is 22.0. The highest BCUT2D eigenvalue weighted by molar-refractivity contribution is 6.19. The van der Waals surface area contributed by atoms with Crippen LogP contribution in [0.5, 0.6) is 0 Å². The summed E-state index contributed by atoms with van der Waals surface area (Å²) in [5.41, 5.74) is 6.48. The van der Waals surface area contributed by atoms with Gasteiger partial charge in [-0.15, -0.1) is 0 Å². The number of hydrogen-bond acceptors (Lipinski definition) is 2. The fraction of sp³-hybridized carbons (Fsp3) is 0.111. The van der Waals surface area contributed by atoms with E-state index in [4.69, 9.17) is 9.97 Å². The van der Waals surface area contributed by atoms with Gasteiger partial charge in [0, 0.05) is 45.0 Å². The molecule has 0 radical (unpaired) electrons. The number of rotatable bonds is 2. The van der Waals surface area contributed by atoms with E-state index in [0.29, 0.717) is 0 Å². The second-order valence-electron chi connectivity index (χ2n) is 11.0. The lowest BCUT2D eigenvalue weighted by atomic mass is 9.95. The highest BCUT2D eigenvalue weighted by Gasteiger charge is 2.26. The van der Waals surface area contributed by atoms with Crippen LogP contribution in [0.25, 0.3) is 65.9 Å². The minimum atomic E-state index is 0.939. The molecule has 0 unspecified atom stereocenters. The third-order valence-corrected chi connectivity index (χ3v) is 8.76. The summed E-state index contributed by atoms with van der Waals surface area (Å²) in [6, 6.07) is 34.9. The lowest BCUT2D eigenvalue weighted by Gasteiger charge is -2.16. The Morgan fingerprint density at radius 2 is 1.07 bits per heavy atom. The Hall–Kier alpha value is -4.96. The van der Waals surface area contributed by atoms with Gasteiger partial charge < -0.3 is 0 Å². The molecule has 0 amide bonds. The first-order valence-corrected chi connectivity index (χ1v) is 14.1. The first-order chi connectivity index (χ1) is 19.8. The van der Waals surface area contributed by atoms with E-state index in [2.05, 4.69) is 106 Å². The van der Waals surface area contributed by atoms with Gasteiger partial charge in [-0.1, -0.05) is 78.9 Å². The standard InChI is InChI=1S/C36H26N4/c1-3-11-25-21-37-33(19-23(25)9-1)39-31-15-7-5-13-27(31)29-17-18-30-28-14-6-8-16-32(28)40(36(30)35(29)39)34-20-24-10-2-4-12-26(24)22-38-34/h1-5,7,9-13,15,17-22H,6,8,14,16H2. The quantitative estimate of drug-likeness (QED) is 0.231. The van der Waals surface area contributed by atoms with Crippen LogP contribution in [0.15, 0.2) is 109 Å². The molecule has 0 atom stereocenters. The van der Waals surface area contributed by atoms with Gasteiger partial charge in [0.15, 0.2) is 0 Å². The Labute approximate surface area is 231 Å². The lowest BCUT2D eigenvalue weighted by molar-refractivity contribution is 0.665. The third-order valence-electron chi connectivity index (χ3n) is 8.76. The number of benzene rings is 4. The van der Waals surface area contributed by atoms with E-state index in [1.807, 2.05) is 12.4 Å². The Kier molecular flexibility index (Phi) is 4.53. The molecule has 1 aliphatic carbocycles. The molecule has 0 fully saturated rings. The number of hydrogen-bond donors (Lipinski definition) is 0. The summed E-state index contributed by atoms with van der Waals surface area (Å²) >= 11 is 0. The zero-order valence-corrected chi connectivity index (χ0v) is 22.0. The van der Waals surface area contributed by atoms with E-state index in [1.54, 1.807) is 0 Å².